The lowest BCUT2D eigenvalue weighted by Gasteiger charge is -2.42. The van der Waals surface area contributed by atoms with E-state index in [2.05, 4.69) is 47.4 Å². The highest BCUT2D eigenvalue weighted by Crippen LogP contribution is 2.53. The van der Waals surface area contributed by atoms with Gasteiger partial charge in [-0.25, -0.2) is 4.79 Å². The summed E-state index contributed by atoms with van der Waals surface area (Å²) in [4.78, 5) is 29.5. The molecule has 1 fully saturated rings. The summed E-state index contributed by atoms with van der Waals surface area (Å²) in [5.74, 6) is -1.47. The Labute approximate surface area is 242 Å². The molecule has 1 saturated heterocycles. The molecule has 0 radical (unpaired) electrons. The normalized spacial score (nSPS) is 19.9. The van der Waals surface area contributed by atoms with E-state index in [0.717, 1.165) is 22.4 Å². The Kier molecular flexibility index (Phi) is 9.08. The third-order valence-electron chi connectivity index (χ3n) is 7.95. The number of hydrogen-bond acceptors (Lipinski definition) is 7. The second-order valence-corrected chi connectivity index (χ2v) is 12.4. The molecule has 216 valence electrons. The number of fused-ring (bicyclic) bond motifs is 3. The maximum absolute atomic E-state index is 13.8. The van der Waals surface area contributed by atoms with Crippen molar-refractivity contribution in [2.24, 2.45) is 5.92 Å². The molecule has 0 aromatic heterocycles. The number of hydrogen-bond donors (Lipinski definition) is 0. The van der Waals surface area contributed by atoms with E-state index in [4.69, 9.17) is 13.8 Å². The maximum Gasteiger partial charge on any atom is 0.338 e. The zero-order valence-electron chi connectivity index (χ0n) is 24.0. The van der Waals surface area contributed by atoms with Crippen molar-refractivity contribution in [1.29, 1.82) is 0 Å². The fourth-order valence-corrected chi connectivity index (χ4v) is 8.10. The van der Waals surface area contributed by atoms with Gasteiger partial charge in [-0.2, -0.15) is 0 Å². The number of Topliss-reactive ketones (excluding diaryl/α,β-unsaturated/α-hetero) is 1. The number of piperidine rings is 1. The van der Waals surface area contributed by atoms with E-state index in [0.29, 0.717) is 19.4 Å². The Morgan fingerprint density at radius 3 is 2.24 bits per heavy atom. The van der Waals surface area contributed by atoms with Crippen LogP contribution in [0.5, 0.6) is 0 Å². The van der Waals surface area contributed by atoms with Gasteiger partial charge in [-0.1, -0.05) is 66.7 Å². The minimum atomic E-state index is -3.63. The van der Waals surface area contributed by atoms with Gasteiger partial charge in [-0.15, -0.1) is 0 Å². The molecule has 1 heterocycles. The number of carbonyl (C=O) groups is 2. The van der Waals surface area contributed by atoms with Crippen LogP contribution < -0.4 is 4.90 Å². The standard InChI is InChI=1S/C33H38NO6P/c1-4-38-33(36)32-27(29(35)22-41(37,39-5-2)40-6-3)19-13-21-34(32)28-20-12-18-26-24-16-10-11-17-25(24)30(31(26)28)23-14-8-7-9-15-23/h7-12,14-18,20,27,30,32H,4-6,13,19,21-22H2,1-3H3/t27-,30?,32-/m1/s1. The van der Waals surface area contributed by atoms with Crippen molar-refractivity contribution in [2.45, 2.75) is 45.6 Å². The Bertz CT molecular complexity index is 1430. The lowest BCUT2D eigenvalue weighted by molar-refractivity contribution is -0.148. The monoisotopic (exact) mass is 575 g/mol. The Morgan fingerprint density at radius 1 is 0.854 bits per heavy atom. The molecule has 0 bridgehead atoms. The number of anilines is 1. The van der Waals surface area contributed by atoms with Crippen molar-refractivity contribution in [2.75, 3.05) is 37.4 Å². The van der Waals surface area contributed by atoms with Gasteiger partial charge in [-0.3, -0.25) is 9.36 Å². The van der Waals surface area contributed by atoms with Gasteiger partial charge in [0, 0.05) is 24.1 Å². The van der Waals surface area contributed by atoms with Crippen molar-refractivity contribution in [1.82, 2.24) is 0 Å². The summed E-state index contributed by atoms with van der Waals surface area (Å²) in [6, 6.07) is 24.2. The topological polar surface area (TPSA) is 82.1 Å². The molecule has 0 amide bonds. The van der Waals surface area contributed by atoms with Crippen molar-refractivity contribution in [3.8, 4) is 11.1 Å². The molecular weight excluding hydrogens is 537 g/mol. The van der Waals surface area contributed by atoms with Gasteiger partial charge in [0.2, 0.25) is 0 Å². The zero-order chi connectivity index (χ0) is 29.0. The third kappa shape index (κ3) is 5.76. The van der Waals surface area contributed by atoms with Crippen molar-refractivity contribution >= 4 is 25.0 Å². The van der Waals surface area contributed by atoms with Crippen LogP contribution in [0.1, 0.15) is 56.2 Å². The molecule has 3 aromatic rings. The first-order valence-corrected chi connectivity index (χ1v) is 16.3. The second-order valence-electron chi connectivity index (χ2n) is 10.4. The minimum Gasteiger partial charge on any atom is -0.464 e. The van der Waals surface area contributed by atoms with E-state index in [1.54, 1.807) is 20.8 Å². The largest absolute Gasteiger partial charge is 0.464 e. The summed E-state index contributed by atoms with van der Waals surface area (Å²) in [6.07, 6.45) is 0.828. The summed E-state index contributed by atoms with van der Waals surface area (Å²) < 4.78 is 29.7. The first-order chi connectivity index (χ1) is 19.9. The Hall–Kier alpha value is -3.25. The van der Waals surface area contributed by atoms with Crippen LogP contribution in [0.3, 0.4) is 0 Å². The highest BCUT2D eigenvalue weighted by molar-refractivity contribution is 7.54. The number of esters is 1. The van der Waals surface area contributed by atoms with Gasteiger partial charge in [0.25, 0.3) is 0 Å². The minimum absolute atomic E-state index is 0.0198. The van der Waals surface area contributed by atoms with Crippen LogP contribution >= 0.6 is 7.60 Å². The van der Waals surface area contributed by atoms with Gasteiger partial charge < -0.3 is 18.7 Å². The molecule has 1 unspecified atom stereocenters. The second kappa shape index (κ2) is 12.7. The van der Waals surface area contributed by atoms with Crippen molar-refractivity contribution < 1.29 is 27.9 Å². The third-order valence-corrected chi connectivity index (χ3v) is 9.95. The molecule has 1 aliphatic carbocycles. The van der Waals surface area contributed by atoms with Gasteiger partial charge in [0.15, 0.2) is 5.78 Å². The SMILES string of the molecule is CCOC(=O)[C@H]1[C@@H](C(=O)CP(=O)(OCC)OCC)CCCN1c1cccc2c1C(c1ccccc1)c1ccccc1-2. The predicted octanol–water partition coefficient (Wildman–Crippen LogP) is 6.83. The highest BCUT2D eigenvalue weighted by Gasteiger charge is 2.45. The molecule has 8 heteroatoms. The fraction of sp³-hybridized carbons (Fsp3) is 0.394. The van der Waals surface area contributed by atoms with E-state index >= 15 is 0 Å². The van der Waals surface area contributed by atoms with Crippen molar-refractivity contribution in [3.63, 3.8) is 0 Å². The quantitative estimate of drug-likeness (QED) is 0.143. The lowest BCUT2D eigenvalue weighted by atomic mass is 9.83. The maximum atomic E-state index is 13.8. The van der Waals surface area contributed by atoms with Crippen LogP contribution in [0.25, 0.3) is 11.1 Å². The molecule has 1 aliphatic heterocycles. The Morgan fingerprint density at radius 2 is 1.54 bits per heavy atom. The van der Waals surface area contributed by atoms with E-state index in [9.17, 15) is 14.2 Å². The van der Waals surface area contributed by atoms with Crippen LogP contribution in [0.4, 0.5) is 5.69 Å². The van der Waals surface area contributed by atoms with E-state index in [1.807, 2.05) is 30.3 Å². The molecule has 5 rings (SSSR count). The van der Waals surface area contributed by atoms with Crippen molar-refractivity contribution in [3.05, 3.63) is 89.5 Å². The molecule has 0 saturated carbocycles. The highest BCUT2D eigenvalue weighted by atomic mass is 31.2. The van der Waals surface area contributed by atoms with Crippen LogP contribution in [0, 0.1) is 5.92 Å². The van der Waals surface area contributed by atoms with Gasteiger partial charge >= 0.3 is 13.6 Å². The number of benzene rings is 3. The lowest BCUT2D eigenvalue weighted by Crippen LogP contribution is -2.54. The van der Waals surface area contributed by atoms with Crippen LogP contribution in [0.2, 0.25) is 0 Å². The average molecular weight is 576 g/mol. The molecular formula is C33H38NO6P. The molecule has 3 atom stereocenters. The number of rotatable bonds is 11. The average Bonchev–Trinajstić information content (AvgIpc) is 3.32. The van der Waals surface area contributed by atoms with Gasteiger partial charge in [0.05, 0.1) is 19.8 Å². The van der Waals surface area contributed by atoms with Gasteiger partial charge in [0.1, 0.15) is 12.2 Å². The molecule has 2 aliphatic rings. The van der Waals surface area contributed by atoms with Crippen LogP contribution in [-0.4, -0.2) is 50.3 Å². The molecule has 0 spiro atoms. The van der Waals surface area contributed by atoms with E-state index in [-0.39, 0.29) is 37.7 Å². The summed E-state index contributed by atoms with van der Waals surface area (Å²) in [6.45, 7) is 6.33. The fourth-order valence-electron chi connectivity index (χ4n) is 6.44. The molecule has 3 aromatic carbocycles. The van der Waals surface area contributed by atoms with E-state index < -0.39 is 25.5 Å². The first-order valence-electron chi connectivity index (χ1n) is 14.5. The number of nitrogens with zero attached hydrogens (tertiary/aromatic N) is 1. The molecule has 41 heavy (non-hydrogen) atoms. The number of ketones is 1. The summed E-state index contributed by atoms with van der Waals surface area (Å²) >= 11 is 0. The number of ether oxygens (including phenoxy) is 1. The summed E-state index contributed by atoms with van der Waals surface area (Å²) in [5.41, 5.74) is 6.72. The predicted molar refractivity (Wildman–Crippen MR) is 160 cm³/mol. The first kappa shape index (κ1) is 29.2. The Balaban J connectivity index is 1.59. The van der Waals surface area contributed by atoms with Crippen LogP contribution in [0.15, 0.2) is 72.8 Å². The smallest absolute Gasteiger partial charge is 0.338 e. The summed E-state index contributed by atoms with van der Waals surface area (Å²) in [7, 11) is -3.63. The summed E-state index contributed by atoms with van der Waals surface area (Å²) in [5, 5.41) is 0. The van der Waals surface area contributed by atoms with E-state index in [1.165, 1.54) is 11.1 Å². The zero-order valence-corrected chi connectivity index (χ0v) is 24.8. The molecule has 7 nitrogen and oxygen atoms in total. The molecule has 0 N–H and O–H groups in total. The van der Waals surface area contributed by atoms with Crippen LogP contribution in [-0.2, 0) is 27.9 Å². The van der Waals surface area contributed by atoms with Gasteiger partial charge in [-0.05, 0) is 67.5 Å². The number of carbonyl (C=O) groups excluding carboxylic acids is 2.